The summed E-state index contributed by atoms with van der Waals surface area (Å²) < 4.78 is 5.62. The SMILES string of the molecule is O=C(O)Nc1n[nH]c2cc(NC(=O)N[C@H]3c4ccccc4OCC[C@H]3O)ncc12. The minimum absolute atomic E-state index is 0.120. The highest BCUT2D eigenvalue weighted by Crippen LogP contribution is 2.31. The number of benzene rings is 1. The van der Waals surface area contributed by atoms with Crippen LogP contribution in [-0.2, 0) is 0 Å². The molecule has 0 saturated carbocycles. The molecule has 0 bridgehead atoms. The number of anilines is 2. The highest BCUT2D eigenvalue weighted by molar-refractivity contribution is 5.98. The number of para-hydroxylation sites is 1. The number of ether oxygens (including phenoxy) is 1. The van der Waals surface area contributed by atoms with Crippen LogP contribution in [0.2, 0.25) is 0 Å². The molecule has 0 saturated heterocycles. The zero-order valence-corrected chi connectivity index (χ0v) is 15.0. The molecule has 2 atom stereocenters. The summed E-state index contributed by atoms with van der Waals surface area (Å²) >= 11 is 0. The van der Waals surface area contributed by atoms with Crippen LogP contribution < -0.4 is 20.7 Å². The number of aliphatic hydroxyl groups is 1. The first-order chi connectivity index (χ1) is 14.0. The maximum absolute atomic E-state index is 12.5. The van der Waals surface area contributed by atoms with E-state index in [0.717, 1.165) is 0 Å². The van der Waals surface area contributed by atoms with Crippen LogP contribution in [0.1, 0.15) is 18.0 Å². The Bertz CT molecular complexity index is 1070. The topological polar surface area (TPSA) is 161 Å². The molecule has 6 N–H and O–H groups in total. The number of aromatic amines is 1. The number of fused-ring (bicyclic) bond motifs is 2. The normalized spacial score (nSPS) is 18.2. The van der Waals surface area contributed by atoms with E-state index in [1.807, 2.05) is 12.1 Å². The van der Waals surface area contributed by atoms with E-state index in [-0.39, 0.29) is 11.6 Å². The molecule has 0 aliphatic carbocycles. The lowest BCUT2D eigenvalue weighted by molar-refractivity contribution is 0.115. The van der Waals surface area contributed by atoms with Crippen molar-refractivity contribution in [3.05, 3.63) is 42.1 Å². The number of aliphatic hydroxyl groups excluding tert-OH is 1. The van der Waals surface area contributed by atoms with Crippen LogP contribution in [0.3, 0.4) is 0 Å². The number of rotatable bonds is 3. The lowest BCUT2D eigenvalue weighted by Crippen LogP contribution is -2.38. The number of aromatic nitrogens is 3. The fourth-order valence-corrected chi connectivity index (χ4v) is 3.18. The molecule has 1 aromatic carbocycles. The zero-order chi connectivity index (χ0) is 20.4. The fourth-order valence-electron chi connectivity index (χ4n) is 3.18. The van der Waals surface area contributed by atoms with Gasteiger partial charge in [0.05, 0.1) is 29.7 Å². The van der Waals surface area contributed by atoms with Crippen molar-refractivity contribution in [3.8, 4) is 5.75 Å². The van der Waals surface area contributed by atoms with E-state index in [9.17, 15) is 14.7 Å². The van der Waals surface area contributed by atoms with Gasteiger partial charge in [0.1, 0.15) is 11.6 Å². The molecule has 4 rings (SSSR count). The molecule has 0 unspecified atom stereocenters. The second-order valence-corrected chi connectivity index (χ2v) is 6.44. The molecule has 3 aromatic rings. The van der Waals surface area contributed by atoms with Gasteiger partial charge >= 0.3 is 12.1 Å². The molecule has 11 heteroatoms. The molecule has 1 aliphatic heterocycles. The average molecular weight is 398 g/mol. The second-order valence-electron chi connectivity index (χ2n) is 6.44. The molecule has 29 heavy (non-hydrogen) atoms. The second kappa shape index (κ2) is 7.64. The molecule has 150 valence electrons. The van der Waals surface area contributed by atoms with E-state index >= 15 is 0 Å². The van der Waals surface area contributed by atoms with Gasteiger partial charge in [0.15, 0.2) is 5.82 Å². The Morgan fingerprint density at radius 1 is 1.24 bits per heavy atom. The summed E-state index contributed by atoms with van der Waals surface area (Å²) in [6, 6.07) is 7.54. The van der Waals surface area contributed by atoms with Crippen LogP contribution in [0.25, 0.3) is 10.9 Å². The third kappa shape index (κ3) is 3.89. The van der Waals surface area contributed by atoms with Gasteiger partial charge in [-0.15, -0.1) is 0 Å². The number of nitrogens with one attached hydrogen (secondary N) is 4. The summed E-state index contributed by atoms with van der Waals surface area (Å²) in [5.74, 6) is 0.965. The molecule has 3 amide bonds. The highest BCUT2D eigenvalue weighted by atomic mass is 16.5. The smallest absolute Gasteiger partial charge is 0.410 e. The predicted molar refractivity (Wildman–Crippen MR) is 103 cm³/mol. The quantitative estimate of drug-likeness (QED) is 0.393. The van der Waals surface area contributed by atoms with Crippen molar-refractivity contribution in [2.24, 2.45) is 0 Å². The van der Waals surface area contributed by atoms with Gasteiger partial charge in [-0.2, -0.15) is 5.10 Å². The molecule has 11 nitrogen and oxygen atoms in total. The lowest BCUT2D eigenvalue weighted by Gasteiger charge is -2.22. The van der Waals surface area contributed by atoms with Crippen LogP contribution in [0.5, 0.6) is 5.75 Å². The number of carbonyl (C=O) groups excluding carboxylic acids is 1. The van der Waals surface area contributed by atoms with Crippen molar-refractivity contribution in [2.75, 3.05) is 17.2 Å². The van der Waals surface area contributed by atoms with Crippen molar-refractivity contribution in [1.29, 1.82) is 0 Å². The summed E-state index contributed by atoms with van der Waals surface area (Å²) in [5.41, 5.74) is 1.18. The van der Waals surface area contributed by atoms with Gasteiger partial charge < -0.3 is 20.3 Å². The first kappa shape index (κ1) is 18.5. The summed E-state index contributed by atoms with van der Waals surface area (Å²) in [5, 5.41) is 33.7. The Morgan fingerprint density at radius 2 is 2.07 bits per heavy atom. The minimum Gasteiger partial charge on any atom is -0.493 e. The van der Waals surface area contributed by atoms with Gasteiger partial charge in [-0.3, -0.25) is 15.7 Å². The van der Waals surface area contributed by atoms with Crippen LogP contribution in [0.4, 0.5) is 21.2 Å². The molecule has 0 radical (unpaired) electrons. The molecule has 3 heterocycles. The third-order valence-electron chi connectivity index (χ3n) is 4.51. The van der Waals surface area contributed by atoms with Gasteiger partial charge in [-0.1, -0.05) is 18.2 Å². The minimum atomic E-state index is -1.24. The number of hydrogen-bond acceptors (Lipinski definition) is 6. The first-order valence-electron chi connectivity index (χ1n) is 8.82. The summed E-state index contributed by atoms with van der Waals surface area (Å²) in [7, 11) is 0. The van der Waals surface area contributed by atoms with Crippen molar-refractivity contribution in [2.45, 2.75) is 18.6 Å². The van der Waals surface area contributed by atoms with Crippen molar-refractivity contribution in [3.63, 3.8) is 0 Å². The van der Waals surface area contributed by atoms with Crippen LogP contribution in [0, 0.1) is 0 Å². The van der Waals surface area contributed by atoms with Gasteiger partial charge in [0.25, 0.3) is 0 Å². The number of hydrogen-bond donors (Lipinski definition) is 6. The standard InChI is InChI=1S/C18H18N6O5/c25-12-5-6-29-13-4-2-1-3-9(13)15(12)21-17(26)20-14-7-11-10(8-19-14)16(24-23-11)22-18(27)28/h1-4,7-8,12,15,25H,5-6H2,(H,27,28)(H2,22,23,24)(H2,19,20,21,26)/t12-,15+/m1/s1. The maximum Gasteiger partial charge on any atom is 0.410 e. The van der Waals surface area contributed by atoms with Gasteiger partial charge in [-0.05, 0) is 6.07 Å². The van der Waals surface area contributed by atoms with Crippen molar-refractivity contribution < 1.29 is 24.5 Å². The molecule has 0 fully saturated rings. The van der Waals surface area contributed by atoms with Crippen LogP contribution in [0.15, 0.2) is 36.5 Å². The summed E-state index contributed by atoms with van der Waals surface area (Å²) in [6.07, 6.45) is -0.288. The van der Waals surface area contributed by atoms with E-state index in [1.165, 1.54) is 12.3 Å². The third-order valence-corrected chi connectivity index (χ3v) is 4.51. The number of carbonyl (C=O) groups is 2. The van der Waals surface area contributed by atoms with Crippen molar-refractivity contribution >= 4 is 34.7 Å². The molecular formula is C18H18N6O5. The maximum atomic E-state index is 12.5. The Hall–Kier alpha value is -3.86. The van der Waals surface area contributed by atoms with E-state index in [1.54, 1.807) is 12.1 Å². The van der Waals surface area contributed by atoms with E-state index in [4.69, 9.17) is 9.84 Å². The largest absolute Gasteiger partial charge is 0.493 e. The van der Waals surface area contributed by atoms with Gasteiger partial charge in [0, 0.05) is 24.2 Å². The Labute approximate surface area is 164 Å². The Morgan fingerprint density at radius 3 is 2.90 bits per heavy atom. The van der Waals surface area contributed by atoms with Gasteiger partial charge in [-0.25, -0.2) is 14.6 Å². The highest BCUT2D eigenvalue weighted by Gasteiger charge is 2.28. The monoisotopic (exact) mass is 398 g/mol. The van der Waals surface area contributed by atoms with E-state index < -0.39 is 24.3 Å². The number of pyridine rings is 1. The Kier molecular flexibility index (Phi) is 4.87. The zero-order valence-electron chi connectivity index (χ0n) is 15.0. The number of carboxylic acid groups (broad SMARTS) is 1. The predicted octanol–water partition coefficient (Wildman–Crippen LogP) is 2.05. The molecular weight excluding hydrogens is 380 g/mol. The van der Waals surface area contributed by atoms with E-state index in [2.05, 4.69) is 31.1 Å². The summed E-state index contributed by atoms with van der Waals surface area (Å²) in [4.78, 5) is 27.4. The first-order valence-corrected chi connectivity index (χ1v) is 8.82. The summed E-state index contributed by atoms with van der Waals surface area (Å²) in [6.45, 7) is 0.350. The number of urea groups is 1. The van der Waals surface area contributed by atoms with Crippen LogP contribution in [-0.4, -0.2) is 50.2 Å². The fraction of sp³-hybridized carbons (Fsp3) is 0.222. The average Bonchev–Trinajstić information content (AvgIpc) is 3.00. The molecule has 1 aliphatic rings. The van der Waals surface area contributed by atoms with Crippen molar-refractivity contribution in [1.82, 2.24) is 20.5 Å². The number of amides is 3. The Balaban J connectivity index is 1.50. The number of nitrogens with zero attached hydrogens (tertiary/aromatic N) is 2. The van der Waals surface area contributed by atoms with Gasteiger partial charge in [0.2, 0.25) is 0 Å². The number of H-pyrrole nitrogens is 1. The van der Waals surface area contributed by atoms with Crippen LogP contribution >= 0.6 is 0 Å². The lowest BCUT2D eigenvalue weighted by atomic mass is 10.00. The molecule has 2 aromatic heterocycles. The molecule has 0 spiro atoms. The van der Waals surface area contributed by atoms with E-state index in [0.29, 0.717) is 35.2 Å².